The van der Waals surface area contributed by atoms with Crippen LogP contribution in [0.15, 0.2) is 24.7 Å². The molecule has 0 bridgehead atoms. The Balaban J connectivity index is 2.15. The van der Waals surface area contributed by atoms with Gasteiger partial charge >= 0.3 is 0 Å². The van der Waals surface area contributed by atoms with Gasteiger partial charge in [-0.05, 0) is 6.07 Å². The number of hydrogen-bond acceptors (Lipinski definition) is 6. The molecule has 0 fully saturated rings. The van der Waals surface area contributed by atoms with Gasteiger partial charge < -0.3 is 10.4 Å². The summed E-state index contributed by atoms with van der Waals surface area (Å²) in [6, 6.07) is 1.60. The summed E-state index contributed by atoms with van der Waals surface area (Å²) >= 11 is 1.09. The van der Waals surface area contributed by atoms with Crippen LogP contribution in [0, 0.1) is 11.8 Å². The Morgan fingerprint density at radius 3 is 3.06 bits per heavy atom. The first-order valence-electron chi connectivity index (χ1n) is 4.93. The van der Waals surface area contributed by atoms with Crippen molar-refractivity contribution in [3.05, 3.63) is 35.8 Å². The van der Waals surface area contributed by atoms with Crippen LogP contribution in [0.5, 0.6) is 0 Å². The van der Waals surface area contributed by atoms with Gasteiger partial charge in [0.2, 0.25) is 0 Å². The fraction of sp³-hybridized carbons (Fsp3) is 0.0909. The van der Waals surface area contributed by atoms with E-state index < -0.39 is 0 Å². The summed E-state index contributed by atoms with van der Waals surface area (Å²) < 4.78 is 3.64. The first-order chi connectivity index (χ1) is 8.79. The number of nitrogens with one attached hydrogen (secondary N) is 1. The fourth-order valence-corrected chi connectivity index (χ4v) is 1.60. The minimum atomic E-state index is -0.304. The minimum absolute atomic E-state index is 0.233. The summed E-state index contributed by atoms with van der Waals surface area (Å²) in [7, 11) is 0. The summed E-state index contributed by atoms with van der Waals surface area (Å²) in [4.78, 5) is 15.8. The molecule has 0 saturated heterocycles. The molecule has 7 heteroatoms. The van der Waals surface area contributed by atoms with Crippen LogP contribution in [-0.4, -0.2) is 32.2 Å². The maximum Gasteiger partial charge on any atom is 0.257 e. The van der Waals surface area contributed by atoms with Gasteiger partial charge in [-0.2, -0.15) is 0 Å². The highest BCUT2D eigenvalue weighted by Gasteiger charge is 2.08. The zero-order valence-corrected chi connectivity index (χ0v) is 9.94. The monoisotopic (exact) mass is 260 g/mol. The molecule has 0 unspecified atom stereocenters. The number of aliphatic hydroxyl groups is 1. The molecule has 2 heterocycles. The number of carbonyl (C=O) groups is 1. The third kappa shape index (κ3) is 3.10. The van der Waals surface area contributed by atoms with Crippen LogP contribution in [0.2, 0.25) is 0 Å². The van der Waals surface area contributed by atoms with Crippen LogP contribution in [0.1, 0.15) is 15.9 Å². The van der Waals surface area contributed by atoms with E-state index in [1.165, 1.54) is 18.6 Å². The zero-order chi connectivity index (χ0) is 12.8. The number of carbonyl (C=O) groups excluding carboxylic acids is 1. The molecule has 0 saturated carbocycles. The number of aromatic nitrogens is 3. The van der Waals surface area contributed by atoms with Gasteiger partial charge in [0, 0.05) is 29.5 Å². The lowest BCUT2D eigenvalue weighted by molar-refractivity contribution is 0.102. The molecule has 0 aliphatic heterocycles. The van der Waals surface area contributed by atoms with Crippen LogP contribution < -0.4 is 5.32 Å². The van der Waals surface area contributed by atoms with E-state index in [4.69, 9.17) is 5.11 Å². The summed E-state index contributed by atoms with van der Waals surface area (Å²) in [5, 5.41) is 15.4. The lowest BCUT2D eigenvalue weighted by atomic mass is 10.2. The molecule has 6 nitrogen and oxygen atoms in total. The van der Waals surface area contributed by atoms with E-state index >= 15 is 0 Å². The highest BCUT2D eigenvalue weighted by Crippen LogP contribution is 2.11. The maximum atomic E-state index is 11.8. The molecule has 2 aromatic rings. The van der Waals surface area contributed by atoms with Gasteiger partial charge in [-0.25, -0.2) is 0 Å². The van der Waals surface area contributed by atoms with E-state index in [1.807, 2.05) is 0 Å². The molecule has 0 aromatic carbocycles. The largest absolute Gasteiger partial charge is 0.384 e. The predicted molar refractivity (Wildman–Crippen MR) is 66.1 cm³/mol. The molecule has 2 aromatic heterocycles. The van der Waals surface area contributed by atoms with Gasteiger partial charge in [0.05, 0.1) is 11.8 Å². The Morgan fingerprint density at radius 2 is 2.33 bits per heavy atom. The van der Waals surface area contributed by atoms with Crippen molar-refractivity contribution in [3.63, 3.8) is 0 Å². The molecular weight excluding hydrogens is 252 g/mol. The topological polar surface area (TPSA) is 88.0 Å². The summed E-state index contributed by atoms with van der Waals surface area (Å²) in [6.07, 6.45) is 4.42. The molecule has 0 aliphatic rings. The molecule has 2 N–H and O–H groups in total. The Labute approximate surface area is 107 Å². The van der Waals surface area contributed by atoms with Crippen molar-refractivity contribution in [2.24, 2.45) is 0 Å². The smallest absolute Gasteiger partial charge is 0.257 e. The molecule has 18 heavy (non-hydrogen) atoms. The van der Waals surface area contributed by atoms with Gasteiger partial charge in [-0.3, -0.25) is 9.78 Å². The number of nitrogens with zero attached hydrogens (tertiary/aromatic N) is 3. The SMILES string of the molecule is O=C(Nc1cnns1)c1cncc(C#CCO)c1. The third-order valence-corrected chi connectivity index (χ3v) is 2.49. The maximum absolute atomic E-state index is 11.8. The average Bonchev–Trinajstić information content (AvgIpc) is 2.89. The molecule has 1 amide bonds. The summed E-state index contributed by atoms with van der Waals surface area (Å²) in [6.45, 7) is -0.233. The second kappa shape index (κ2) is 5.86. The lowest BCUT2D eigenvalue weighted by Gasteiger charge is -2.01. The quantitative estimate of drug-likeness (QED) is 0.769. The zero-order valence-electron chi connectivity index (χ0n) is 9.12. The number of anilines is 1. The lowest BCUT2D eigenvalue weighted by Crippen LogP contribution is -2.11. The van der Waals surface area contributed by atoms with Crippen molar-refractivity contribution in [2.45, 2.75) is 0 Å². The van der Waals surface area contributed by atoms with Gasteiger partial charge in [0.1, 0.15) is 11.6 Å². The van der Waals surface area contributed by atoms with Gasteiger partial charge in [0.25, 0.3) is 5.91 Å². The van der Waals surface area contributed by atoms with Crippen LogP contribution >= 0.6 is 11.5 Å². The van der Waals surface area contributed by atoms with Gasteiger partial charge in [-0.15, -0.1) is 5.10 Å². The van der Waals surface area contributed by atoms with E-state index in [2.05, 4.69) is 31.7 Å². The van der Waals surface area contributed by atoms with E-state index in [1.54, 1.807) is 6.07 Å². The third-order valence-electron chi connectivity index (χ3n) is 1.91. The number of hydrogen-bond donors (Lipinski definition) is 2. The Kier molecular flexibility index (Phi) is 3.96. The molecule has 0 aliphatic carbocycles. The second-order valence-electron chi connectivity index (χ2n) is 3.16. The summed E-state index contributed by atoms with van der Waals surface area (Å²) in [5.74, 6) is 4.87. The predicted octanol–water partition coefficient (Wildman–Crippen LogP) is 0.529. The Morgan fingerprint density at radius 1 is 1.44 bits per heavy atom. The van der Waals surface area contributed by atoms with Crippen molar-refractivity contribution in [1.29, 1.82) is 0 Å². The molecule has 0 radical (unpaired) electrons. The van der Waals surface area contributed by atoms with Crippen molar-refractivity contribution < 1.29 is 9.90 Å². The average molecular weight is 260 g/mol. The van der Waals surface area contributed by atoms with Crippen LogP contribution in [-0.2, 0) is 0 Å². The molecule has 90 valence electrons. The molecule has 2 rings (SSSR count). The number of aliphatic hydroxyl groups excluding tert-OH is 1. The van der Waals surface area contributed by atoms with Gasteiger partial charge in [0.15, 0.2) is 0 Å². The number of rotatable bonds is 2. The van der Waals surface area contributed by atoms with E-state index in [-0.39, 0.29) is 12.5 Å². The van der Waals surface area contributed by atoms with E-state index in [9.17, 15) is 4.79 Å². The highest BCUT2D eigenvalue weighted by atomic mass is 32.1. The highest BCUT2D eigenvalue weighted by molar-refractivity contribution is 7.10. The van der Waals surface area contributed by atoms with Crippen LogP contribution in [0.3, 0.4) is 0 Å². The van der Waals surface area contributed by atoms with Crippen LogP contribution in [0.4, 0.5) is 5.00 Å². The van der Waals surface area contributed by atoms with Gasteiger partial charge in [-0.1, -0.05) is 16.3 Å². The Hall–Kier alpha value is -2.30. The standard InChI is InChI=1S/C11H8N4O2S/c16-3-1-2-8-4-9(6-12-5-8)11(17)14-10-7-13-15-18-10/h4-7,16H,3H2,(H,14,17). The number of amides is 1. The minimum Gasteiger partial charge on any atom is -0.384 e. The molecule has 0 spiro atoms. The van der Waals surface area contributed by atoms with Crippen molar-refractivity contribution >= 4 is 22.4 Å². The summed E-state index contributed by atoms with van der Waals surface area (Å²) in [5.41, 5.74) is 0.951. The molecule has 0 atom stereocenters. The molecular formula is C11H8N4O2S. The fourth-order valence-electron chi connectivity index (χ4n) is 1.18. The van der Waals surface area contributed by atoms with E-state index in [0.717, 1.165) is 11.5 Å². The second-order valence-corrected chi connectivity index (χ2v) is 3.94. The normalized spacial score (nSPS) is 9.39. The van der Waals surface area contributed by atoms with Crippen LogP contribution in [0.25, 0.3) is 0 Å². The van der Waals surface area contributed by atoms with E-state index in [0.29, 0.717) is 16.1 Å². The van der Waals surface area contributed by atoms with Crippen molar-refractivity contribution in [1.82, 2.24) is 14.6 Å². The first kappa shape index (κ1) is 12.2. The first-order valence-corrected chi connectivity index (χ1v) is 5.70. The van der Waals surface area contributed by atoms with Crippen molar-refractivity contribution in [2.75, 3.05) is 11.9 Å². The number of pyridine rings is 1. The van der Waals surface area contributed by atoms with Crippen molar-refractivity contribution in [3.8, 4) is 11.8 Å². The Bertz CT molecular complexity index is 601.